The molecule has 1 aliphatic heterocycles. The lowest BCUT2D eigenvalue weighted by molar-refractivity contribution is 0.221. The molecule has 2 aliphatic rings. The minimum atomic E-state index is -0.444. The monoisotopic (exact) mass is 207 g/mol. The predicted octanol–water partition coefficient (Wildman–Crippen LogP) is 1.69. The molecule has 1 heterocycles. The molecule has 1 N–H and O–H groups in total. The maximum atomic E-state index is 9.59. The smallest absolute Gasteiger partial charge is 0.195 e. The van der Waals surface area contributed by atoms with Crippen LogP contribution in [0.5, 0.6) is 0 Å². The van der Waals surface area contributed by atoms with Crippen molar-refractivity contribution in [2.75, 3.05) is 6.61 Å². The van der Waals surface area contributed by atoms with Crippen molar-refractivity contribution in [1.82, 2.24) is 0 Å². The van der Waals surface area contributed by atoms with Crippen LogP contribution in [0.4, 0.5) is 0 Å². The average molecular weight is 207 g/mol. The van der Waals surface area contributed by atoms with E-state index in [4.69, 9.17) is 4.74 Å². The molecule has 0 aromatic carbocycles. The number of nitrogens with zero attached hydrogens (tertiary/aromatic N) is 1. The summed E-state index contributed by atoms with van der Waals surface area (Å²) in [6, 6.07) is 0. The molecule has 0 aromatic heterocycles. The third-order valence-electron chi connectivity index (χ3n) is 2.69. The Hall–Kier alpha value is -1.09. The highest BCUT2D eigenvalue weighted by Gasteiger charge is 2.33. The average Bonchev–Trinajstić information content (AvgIpc) is 2.69. The van der Waals surface area contributed by atoms with Crippen molar-refractivity contribution in [1.29, 1.82) is 0 Å². The van der Waals surface area contributed by atoms with Gasteiger partial charge in [0.25, 0.3) is 0 Å². The van der Waals surface area contributed by atoms with Crippen LogP contribution in [-0.4, -0.2) is 29.3 Å². The van der Waals surface area contributed by atoms with Crippen molar-refractivity contribution in [3.8, 4) is 0 Å². The van der Waals surface area contributed by atoms with Crippen LogP contribution < -0.4 is 0 Å². The van der Waals surface area contributed by atoms with E-state index in [-0.39, 0.29) is 11.5 Å². The molecule has 0 amide bonds. The van der Waals surface area contributed by atoms with E-state index in [9.17, 15) is 5.11 Å². The minimum Gasteiger partial charge on any atom is -0.478 e. The number of rotatable bonds is 2. The van der Waals surface area contributed by atoms with Gasteiger partial charge in [0, 0.05) is 0 Å². The van der Waals surface area contributed by atoms with Gasteiger partial charge in [-0.15, -0.1) is 0 Å². The van der Waals surface area contributed by atoms with Gasteiger partial charge < -0.3 is 9.84 Å². The summed E-state index contributed by atoms with van der Waals surface area (Å²) in [5.41, 5.74) is 0.835. The molecule has 0 aromatic rings. The van der Waals surface area contributed by atoms with Crippen molar-refractivity contribution in [3.05, 3.63) is 23.8 Å². The van der Waals surface area contributed by atoms with Crippen LogP contribution in [0.25, 0.3) is 0 Å². The maximum Gasteiger partial charge on any atom is 0.195 e. The largest absolute Gasteiger partial charge is 0.478 e. The van der Waals surface area contributed by atoms with Crippen molar-refractivity contribution < 1.29 is 9.84 Å². The number of aliphatic hydroxyl groups is 1. The quantitative estimate of drug-likeness (QED) is 0.748. The third-order valence-corrected chi connectivity index (χ3v) is 2.69. The first kappa shape index (κ1) is 10.4. The van der Waals surface area contributed by atoms with E-state index in [2.05, 4.69) is 4.99 Å². The fourth-order valence-corrected chi connectivity index (χ4v) is 1.89. The van der Waals surface area contributed by atoms with Gasteiger partial charge in [0.05, 0.1) is 17.6 Å². The third kappa shape index (κ3) is 1.97. The van der Waals surface area contributed by atoms with E-state index in [1.54, 1.807) is 6.92 Å². The zero-order valence-electron chi connectivity index (χ0n) is 9.40. The fourth-order valence-electron chi connectivity index (χ4n) is 1.89. The molecule has 0 radical (unpaired) electrons. The number of aliphatic imine (C=N–C) groups is 1. The van der Waals surface area contributed by atoms with Crippen LogP contribution in [0.15, 0.2) is 28.8 Å². The molecule has 3 heteroatoms. The second kappa shape index (κ2) is 3.49. The number of hydrogen-bond acceptors (Lipinski definition) is 3. The highest BCUT2D eigenvalue weighted by atomic mass is 16.5. The van der Waals surface area contributed by atoms with E-state index < -0.39 is 6.10 Å². The molecule has 82 valence electrons. The molecule has 15 heavy (non-hydrogen) atoms. The Morgan fingerprint density at radius 1 is 1.60 bits per heavy atom. The Labute approximate surface area is 90.2 Å². The van der Waals surface area contributed by atoms with E-state index in [0.29, 0.717) is 6.61 Å². The first-order valence-corrected chi connectivity index (χ1v) is 5.28. The molecule has 0 saturated carbocycles. The van der Waals surface area contributed by atoms with Gasteiger partial charge in [-0.3, -0.25) is 0 Å². The second-order valence-electron chi connectivity index (χ2n) is 4.76. The number of ether oxygens (including phenoxy) is 1. The van der Waals surface area contributed by atoms with Crippen molar-refractivity contribution in [3.63, 3.8) is 0 Å². The molecule has 0 fully saturated rings. The van der Waals surface area contributed by atoms with Gasteiger partial charge in [-0.25, -0.2) is 4.99 Å². The lowest BCUT2D eigenvalue weighted by Crippen LogP contribution is -2.19. The highest BCUT2D eigenvalue weighted by Crippen LogP contribution is 2.29. The first-order valence-electron chi connectivity index (χ1n) is 5.28. The van der Waals surface area contributed by atoms with Crippen LogP contribution in [0, 0.1) is 5.92 Å². The van der Waals surface area contributed by atoms with Crippen LogP contribution in [0.3, 0.4) is 0 Å². The SMILES string of the molecule is CC(O)C1=CC=CC1C1=NC(C)(C)CO1. The van der Waals surface area contributed by atoms with Gasteiger partial charge in [0.15, 0.2) is 5.90 Å². The van der Waals surface area contributed by atoms with Crippen LogP contribution in [0.2, 0.25) is 0 Å². The molecule has 1 aliphatic carbocycles. The van der Waals surface area contributed by atoms with E-state index in [1.807, 2.05) is 32.1 Å². The van der Waals surface area contributed by atoms with Crippen LogP contribution in [-0.2, 0) is 4.74 Å². The zero-order valence-corrected chi connectivity index (χ0v) is 9.40. The number of allylic oxidation sites excluding steroid dienone is 2. The topological polar surface area (TPSA) is 41.8 Å². The summed E-state index contributed by atoms with van der Waals surface area (Å²) in [6.45, 7) is 6.49. The first-order chi connectivity index (χ1) is 6.99. The predicted molar refractivity (Wildman–Crippen MR) is 59.9 cm³/mol. The fraction of sp³-hybridized carbons (Fsp3) is 0.583. The molecule has 0 bridgehead atoms. The molecule has 0 saturated heterocycles. The summed E-state index contributed by atoms with van der Waals surface area (Å²) >= 11 is 0. The summed E-state index contributed by atoms with van der Waals surface area (Å²) in [5.74, 6) is 0.771. The Morgan fingerprint density at radius 3 is 2.87 bits per heavy atom. The van der Waals surface area contributed by atoms with E-state index in [0.717, 1.165) is 11.5 Å². The van der Waals surface area contributed by atoms with Crippen molar-refractivity contribution >= 4 is 5.90 Å². The van der Waals surface area contributed by atoms with Crippen LogP contribution >= 0.6 is 0 Å². The van der Waals surface area contributed by atoms with E-state index in [1.165, 1.54) is 0 Å². The molecular weight excluding hydrogens is 190 g/mol. The van der Waals surface area contributed by atoms with Crippen molar-refractivity contribution in [2.45, 2.75) is 32.4 Å². The molecule has 2 atom stereocenters. The molecule has 0 spiro atoms. The van der Waals surface area contributed by atoms with Crippen molar-refractivity contribution in [2.24, 2.45) is 10.9 Å². The summed E-state index contributed by atoms with van der Waals surface area (Å²) in [6.07, 6.45) is 5.46. The molecule has 2 unspecified atom stereocenters. The number of hydrogen-bond donors (Lipinski definition) is 1. The standard InChI is InChI=1S/C12H17NO2/c1-8(14)9-5-4-6-10(9)11-13-12(2,3)7-15-11/h4-6,8,10,14H,7H2,1-3H3. The van der Waals surface area contributed by atoms with Gasteiger partial charge in [-0.2, -0.15) is 0 Å². The lowest BCUT2D eigenvalue weighted by atomic mass is 9.98. The van der Waals surface area contributed by atoms with Crippen LogP contribution in [0.1, 0.15) is 20.8 Å². The van der Waals surface area contributed by atoms with Gasteiger partial charge in [0.1, 0.15) is 6.61 Å². The Balaban J connectivity index is 2.20. The van der Waals surface area contributed by atoms with Gasteiger partial charge >= 0.3 is 0 Å². The molecular formula is C12H17NO2. The van der Waals surface area contributed by atoms with Gasteiger partial charge in [-0.05, 0) is 26.3 Å². The Bertz CT molecular complexity index is 351. The Kier molecular flexibility index (Phi) is 2.43. The minimum absolute atomic E-state index is 0.0341. The highest BCUT2D eigenvalue weighted by molar-refractivity contribution is 5.86. The Morgan fingerprint density at radius 2 is 2.33 bits per heavy atom. The molecule has 3 nitrogen and oxygen atoms in total. The molecule has 2 rings (SSSR count). The summed E-state index contributed by atoms with van der Waals surface area (Å²) in [4.78, 5) is 4.53. The maximum absolute atomic E-state index is 9.59. The van der Waals surface area contributed by atoms with Gasteiger partial charge in [0.2, 0.25) is 0 Å². The van der Waals surface area contributed by atoms with E-state index >= 15 is 0 Å². The second-order valence-corrected chi connectivity index (χ2v) is 4.76. The van der Waals surface area contributed by atoms with Gasteiger partial charge in [-0.1, -0.05) is 18.2 Å². The normalized spacial score (nSPS) is 29.7. The number of aliphatic hydroxyl groups excluding tert-OH is 1. The lowest BCUT2D eigenvalue weighted by Gasteiger charge is -2.15. The summed E-state index contributed by atoms with van der Waals surface area (Å²) in [7, 11) is 0. The zero-order chi connectivity index (χ0) is 11.1. The summed E-state index contributed by atoms with van der Waals surface area (Å²) < 4.78 is 5.58. The summed E-state index contributed by atoms with van der Waals surface area (Å²) in [5, 5.41) is 9.59.